The molecule has 2 rings (SSSR count). The second-order valence-electron chi connectivity index (χ2n) is 5.02. The highest BCUT2D eigenvalue weighted by Gasteiger charge is 2.13. The van der Waals surface area contributed by atoms with E-state index in [4.69, 9.17) is 33.2 Å². The van der Waals surface area contributed by atoms with Crippen LogP contribution in [0, 0.1) is 11.3 Å². The van der Waals surface area contributed by atoms with Crippen LogP contribution in [0.4, 0.5) is 0 Å². The highest BCUT2D eigenvalue weighted by atomic mass is 35.5. The van der Waals surface area contributed by atoms with Crippen molar-refractivity contribution >= 4 is 29.0 Å². The molecule has 0 spiro atoms. The fraction of sp³-hybridized carbons (Fsp3) is 0.222. The molecule has 0 heterocycles. The first-order chi connectivity index (χ1) is 11.0. The topological polar surface area (TPSA) is 50.1 Å². The summed E-state index contributed by atoms with van der Waals surface area (Å²) in [7, 11) is 0. The Labute approximate surface area is 145 Å². The number of carbonyl (C=O) groups is 1. The van der Waals surface area contributed by atoms with Gasteiger partial charge in [-0.05, 0) is 36.8 Å². The Morgan fingerprint density at radius 3 is 2.65 bits per heavy atom. The van der Waals surface area contributed by atoms with Crippen molar-refractivity contribution in [2.75, 3.05) is 0 Å². The van der Waals surface area contributed by atoms with Crippen molar-refractivity contribution in [2.45, 2.75) is 26.4 Å². The monoisotopic (exact) mass is 347 g/mol. The molecule has 0 unspecified atom stereocenters. The number of ether oxygens (including phenoxy) is 1. The molecule has 0 radical (unpaired) electrons. The van der Waals surface area contributed by atoms with Crippen LogP contribution >= 0.6 is 23.2 Å². The van der Waals surface area contributed by atoms with Gasteiger partial charge in [-0.3, -0.25) is 4.79 Å². The van der Waals surface area contributed by atoms with E-state index in [0.717, 1.165) is 12.0 Å². The van der Waals surface area contributed by atoms with Gasteiger partial charge in [0.1, 0.15) is 12.4 Å². The Hall–Kier alpha value is -2.02. The number of carbonyl (C=O) groups excluding carboxylic acids is 1. The van der Waals surface area contributed by atoms with Crippen LogP contribution < -0.4 is 4.74 Å². The summed E-state index contributed by atoms with van der Waals surface area (Å²) in [5.74, 6) is 0.391. The zero-order chi connectivity index (χ0) is 16.8. The maximum absolute atomic E-state index is 12.2. The third-order valence-electron chi connectivity index (χ3n) is 3.29. The molecule has 0 N–H and O–H groups in total. The summed E-state index contributed by atoms with van der Waals surface area (Å²) in [6.45, 7) is 2.13. The number of hydrogen-bond donors (Lipinski definition) is 0. The van der Waals surface area contributed by atoms with Crippen molar-refractivity contribution in [3.05, 3.63) is 63.1 Å². The molecule has 0 saturated carbocycles. The van der Waals surface area contributed by atoms with E-state index in [-0.39, 0.29) is 12.4 Å². The summed E-state index contributed by atoms with van der Waals surface area (Å²) in [5.41, 5.74) is 1.68. The van der Waals surface area contributed by atoms with Crippen molar-refractivity contribution < 1.29 is 9.53 Å². The minimum Gasteiger partial charge on any atom is -0.488 e. The van der Waals surface area contributed by atoms with E-state index >= 15 is 0 Å². The molecule has 23 heavy (non-hydrogen) atoms. The molecule has 0 aromatic heterocycles. The Morgan fingerprint density at radius 1 is 1.22 bits per heavy atom. The van der Waals surface area contributed by atoms with Crippen LogP contribution in [0.3, 0.4) is 0 Å². The van der Waals surface area contributed by atoms with Crippen molar-refractivity contribution in [1.82, 2.24) is 0 Å². The van der Waals surface area contributed by atoms with Gasteiger partial charge in [-0.1, -0.05) is 36.2 Å². The number of rotatable bonds is 6. The highest BCUT2D eigenvalue weighted by Crippen LogP contribution is 2.26. The van der Waals surface area contributed by atoms with Gasteiger partial charge in [0, 0.05) is 22.0 Å². The minimum atomic E-state index is -0.00538. The predicted molar refractivity (Wildman–Crippen MR) is 91.2 cm³/mol. The first-order valence-electron chi connectivity index (χ1n) is 7.19. The van der Waals surface area contributed by atoms with Crippen LogP contribution in [0.25, 0.3) is 0 Å². The molecule has 0 amide bonds. The minimum absolute atomic E-state index is 0.00538. The van der Waals surface area contributed by atoms with Gasteiger partial charge < -0.3 is 4.74 Å². The van der Waals surface area contributed by atoms with Crippen LogP contribution in [-0.2, 0) is 6.61 Å². The van der Waals surface area contributed by atoms with Crippen LogP contribution in [0.15, 0.2) is 36.4 Å². The molecule has 0 aliphatic carbocycles. The maximum atomic E-state index is 12.2. The average Bonchev–Trinajstić information content (AvgIpc) is 2.54. The second-order valence-corrected chi connectivity index (χ2v) is 5.86. The molecule has 118 valence electrons. The van der Waals surface area contributed by atoms with Gasteiger partial charge in [0.05, 0.1) is 17.2 Å². The number of Topliss-reactive ketones (excluding diaryl/α,β-unsaturated/α-hetero) is 1. The van der Waals surface area contributed by atoms with E-state index in [9.17, 15) is 4.79 Å². The third kappa shape index (κ3) is 4.48. The van der Waals surface area contributed by atoms with Gasteiger partial charge >= 0.3 is 0 Å². The fourth-order valence-electron chi connectivity index (χ4n) is 2.10. The Balaban J connectivity index is 2.26. The van der Waals surface area contributed by atoms with Crippen molar-refractivity contribution in [3.63, 3.8) is 0 Å². The predicted octanol–water partition coefficient (Wildman–Crippen LogP) is 5.43. The molecule has 2 aromatic rings. The van der Waals surface area contributed by atoms with Crippen molar-refractivity contribution in [1.29, 1.82) is 5.26 Å². The number of halogens is 2. The lowest BCUT2D eigenvalue weighted by molar-refractivity contribution is 0.0977. The standard InChI is InChI=1S/C18H15Cl2NO2/c1-2-3-17(22)15-7-4-12(10-21)8-18(15)23-11-13-5-6-14(19)9-16(13)20/h4-9H,2-3,11H2,1H3. The summed E-state index contributed by atoms with van der Waals surface area (Å²) >= 11 is 12.0. The molecule has 0 saturated heterocycles. The molecule has 0 aliphatic rings. The van der Waals surface area contributed by atoms with Crippen LogP contribution in [0.2, 0.25) is 10.0 Å². The normalized spacial score (nSPS) is 10.2. The quantitative estimate of drug-likeness (QED) is 0.654. The van der Waals surface area contributed by atoms with E-state index in [1.807, 2.05) is 13.0 Å². The Kier molecular flexibility index (Phi) is 6.04. The average molecular weight is 348 g/mol. The van der Waals surface area contributed by atoms with Gasteiger partial charge in [0.25, 0.3) is 0 Å². The molecule has 0 atom stereocenters. The Morgan fingerprint density at radius 2 is 2.00 bits per heavy atom. The SMILES string of the molecule is CCCC(=O)c1ccc(C#N)cc1OCc1ccc(Cl)cc1Cl. The summed E-state index contributed by atoms with van der Waals surface area (Å²) in [6, 6.07) is 12.0. The lowest BCUT2D eigenvalue weighted by Crippen LogP contribution is -2.05. The van der Waals surface area contributed by atoms with Gasteiger partial charge in [-0.25, -0.2) is 0 Å². The molecular formula is C18H15Cl2NO2. The van der Waals surface area contributed by atoms with Crippen molar-refractivity contribution in [2.24, 2.45) is 0 Å². The van der Waals surface area contributed by atoms with E-state index in [1.165, 1.54) is 0 Å². The molecule has 0 bridgehead atoms. The molecule has 0 aliphatic heterocycles. The number of benzene rings is 2. The summed E-state index contributed by atoms with van der Waals surface area (Å²) < 4.78 is 5.75. The summed E-state index contributed by atoms with van der Waals surface area (Å²) in [6.07, 6.45) is 1.19. The number of ketones is 1. The van der Waals surface area contributed by atoms with Gasteiger partial charge in [0.15, 0.2) is 5.78 Å². The molecule has 3 nitrogen and oxygen atoms in total. The van der Waals surface area contributed by atoms with Crippen molar-refractivity contribution in [3.8, 4) is 11.8 Å². The first-order valence-corrected chi connectivity index (χ1v) is 7.94. The molecule has 5 heteroatoms. The lowest BCUT2D eigenvalue weighted by atomic mass is 10.0. The smallest absolute Gasteiger partial charge is 0.166 e. The second kappa shape index (κ2) is 8.01. The van der Waals surface area contributed by atoms with E-state index in [2.05, 4.69) is 0 Å². The molecule has 0 fully saturated rings. The van der Waals surface area contributed by atoms with E-state index < -0.39 is 0 Å². The van der Waals surface area contributed by atoms with Gasteiger partial charge in [0.2, 0.25) is 0 Å². The number of hydrogen-bond acceptors (Lipinski definition) is 3. The Bertz CT molecular complexity index is 766. The van der Waals surface area contributed by atoms with Gasteiger partial charge in [-0.15, -0.1) is 0 Å². The highest BCUT2D eigenvalue weighted by molar-refractivity contribution is 6.35. The number of nitrogens with zero attached hydrogens (tertiary/aromatic N) is 1. The largest absolute Gasteiger partial charge is 0.488 e. The summed E-state index contributed by atoms with van der Waals surface area (Å²) in [4.78, 5) is 12.2. The first kappa shape index (κ1) is 17.3. The summed E-state index contributed by atoms with van der Waals surface area (Å²) in [5, 5.41) is 10.1. The van der Waals surface area contributed by atoms with Gasteiger partial charge in [-0.2, -0.15) is 5.26 Å². The maximum Gasteiger partial charge on any atom is 0.166 e. The zero-order valence-electron chi connectivity index (χ0n) is 12.6. The zero-order valence-corrected chi connectivity index (χ0v) is 14.1. The van der Waals surface area contributed by atoms with Crippen LogP contribution in [0.1, 0.15) is 41.3 Å². The van der Waals surface area contributed by atoms with Crippen LogP contribution in [0.5, 0.6) is 5.75 Å². The van der Waals surface area contributed by atoms with Crippen LogP contribution in [-0.4, -0.2) is 5.78 Å². The molecule has 2 aromatic carbocycles. The fourth-order valence-corrected chi connectivity index (χ4v) is 2.56. The molecular weight excluding hydrogens is 333 g/mol. The number of nitriles is 1. The van der Waals surface area contributed by atoms with E-state index in [1.54, 1.807) is 36.4 Å². The van der Waals surface area contributed by atoms with E-state index in [0.29, 0.717) is 33.3 Å². The third-order valence-corrected chi connectivity index (χ3v) is 3.87. The lowest BCUT2D eigenvalue weighted by Gasteiger charge is -2.12.